The smallest absolute Gasteiger partial charge is 0.271 e. The largest absolute Gasteiger partial charge is 0.396 e. The van der Waals surface area contributed by atoms with Gasteiger partial charge in [-0.3, -0.25) is 4.79 Å². The molecule has 5 heteroatoms. The van der Waals surface area contributed by atoms with Gasteiger partial charge in [0.05, 0.1) is 11.6 Å². The lowest BCUT2D eigenvalue weighted by Crippen LogP contribution is -2.38. The van der Waals surface area contributed by atoms with Crippen molar-refractivity contribution in [1.29, 1.82) is 0 Å². The molecule has 1 amide bonds. The van der Waals surface area contributed by atoms with E-state index in [1.54, 1.807) is 10.9 Å². The third-order valence-electron chi connectivity index (χ3n) is 3.83. The number of hydrogen-bond donors (Lipinski definition) is 2. The van der Waals surface area contributed by atoms with Crippen molar-refractivity contribution in [2.24, 2.45) is 5.92 Å². The average molecular weight is 288 g/mol. The Labute approximate surface area is 121 Å². The molecule has 1 aromatic carbocycles. The Hall–Kier alpha value is -1.72. The molecule has 0 spiro atoms. The second kappa shape index (κ2) is 5.73. The summed E-state index contributed by atoms with van der Waals surface area (Å²) in [7, 11) is 0. The van der Waals surface area contributed by atoms with E-state index in [4.69, 9.17) is 0 Å². The first-order valence-electron chi connectivity index (χ1n) is 6.67. The van der Waals surface area contributed by atoms with Gasteiger partial charge in [0.2, 0.25) is 0 Å². The first kappa shape index (κ1) is 13.3. The number of hydrogen-bond acceptors (Lipinski definition) is 4. The summed E-state index contributed by atoms with van der Waals surface area (Å²) in [5, 5.41) is 14.3. The Balaban J connectivity index is 1.87. The number of rotatable bonds is 3. The molecule has 0 aliphatic heterocycles. The van der Waals surface area contributed by atoms with E-state index in [0.29, 0.717) is 5.69 Å². The van der Waals surface area contributed by atoms with Crippen molar-refractivity contribution >= 4 is 17.2 Å². The SMILES string of the molecule is O=C(NC1c2ccccc2CCC1CO)c1cscn1. The molecule has 0 saturated heterocycles. The molecule has 3 rings (SSSR count). The predicted octanol–water partition coefficient (Wildman–Crippen LogP) is 2.17. The lowest BCUT2D eigenvalue weighted by molar-refractivity contribution is 0.0889. The van der Waals surface area contributed by atoms with Crippen LogP contribution in [0.5, 0.6) is 0 Å². The Morgan fingerprint density at radius 3 is 3.05 bits per heavy atom. The number of carbonyl (C=O) groups excluding carboxylic acids is 1. The zero-order chi connectivity index (χ0) is 13.9. The summed E-state index contributed by atoms with van der Waals surface area (Å²) in [6.45, 7) is 0.0797. The Morgan fingerprint density at radius 2 is 2.30 bits per heavy atom. The number of aliphatic hydroxyl groups is 1. The van der Waals surface area contributed by atoms with Crippen molar-refractivity contribution in [3.05, 3.63) is 52.0 Å². The molecule has 1 aromatic heterocycles. The second-order valence-corrected chi connectivity index (χ2v) is 5.72. The quantitative estimate of drug-likeness (QED) is 0.910. The molecule has 2 unspecified atom stereocenters. The zero-order valence-electron chi connectivity index (χ0n) is 11.0. The molecule has 104 valence electrons. The van der Waals surface area contributed by atoms with Crippen LogP contribution in [-0.2, 0) is 6.42 Å². The lowest BCUT2D eigenvalue weighted by atomic mass is 9.80. The summed E-state index contributed by atoms with van der Waals surface area (Å²) in [4.78, 5) is 16.2. The molecule has 4 nitrogen and oxygen atoms in total. The lowest BCUT2D eigenvalue weighted by Gasteiger charge is -2.33. The van der Waals surface area contributed by atoms with E-state index in [0.717, 1.165) is 18.4 Å². The van der Waals surface area contributed by atoms with Gasteiger partial charge in [0.15, 0.2) is 0 Å². The minimum Gasteiger partial charge on any atom is -0.396 e. The summed E-state index contributed by atoms with van der Waals surface area (Å²) in [6.07, 6.45) is 1.83. The molecule has 1 heterocycles. The van der Waals surface area contributed by atoms with Crippen LogP contribution in [0.3, 0.4) is 0 Å². The molecule has 0 bridgehead atoms. The van der Waals surface area contributed by atoms with Crippen molar-refractivity contribution in [3.63, 3.8) is 0 Å². The summed E-state index contributed by atoms with van der Waals surface area (Å²) in [5.74, 6) is -0.112. The third kappa shape index (κ3) is 2.46. The van der Waals surface area contributed by atoms with E-state index >= 15 is 0 Å². The number of aliphatic hydroxyl groups excluding tert-OH is 1. The number of thiazole rings is 1. The van der Waals surface area contributed by atoms with Crippen molar-refractivity contribution in [3.8, 4) is 0 Å². The number of nitrogens with zero attached hydrogens (tertiary/aromatic N) is 1. The van der Waals surface area contributed by atoms with Crippen LogP contribution in [0, 0.1) is 5.92 Å². The average Bonchev–Trinajstić information content (AvgIpc) is 3.02. The number of fused-ring (bicyclic) bond motifs is 1. The first-order valence-corrected chi connectivity index (χ1v) is 7.61. The minimum absolute atomic E-state index is 0.0625. The van der Waals surface area contributed by atoms with Crippen molar-refractivity contribution in [2.45, 2.75) is 18.9 Å². The van der Waals surface area contributed by atoms with Crippen LogP contribution in [0.25, 0.3) is 0 Å². The predicted molar refractivity (Wildman–Crippen MR) is 77.7 cm³/mol. The minimum atomic E-state index is -0.175. The van der Waals surface area contributed by atoms with Gasteiger partial charge in [-0.2, -0.15) is 0 Å². The highest BCUT2D eigenvalue weighted by molar-refractivity contribution is 7.07. The molecular formula is C15H16N2O2S. The molecule has 1 aliphatic carbocycles. The van der Waals surface area contributed by atoms with Gasteiger partial charge < -0.3 is 10.4 Å². The van der Waals surface area contributed by atoms with Gasteiger partial charge in [-0.05, 0) is 24.0 Å². The molecule has 0 saturated carbocycles. The number of amides is 1. The summed E-state index contributed by atoms with van der Waals surface area (Å²) in [5.41, 5.74) is 4.45. The van der Waals surface area contributed by atoms with E-state index in [-0.39, 0.29) is 24.5 Å². The third-order valence-corrected chi connectivity index (χ3v) is 4.42. The molecule has 20 heavy (non-hydrogen) atoms. The van der Waals surface area contributed by atoms with E-state index < -0.39 is 0 Å². The highest BCUT2D eigenvalue weighted by atomic mass is 32.1. The van der Waals surface area contributed by atoms with E-state index in [9.17, 15) is 9.90 Å². The first-order chi connectivity index (χ1) is 9.79. The number of carbonyl (C=O) groups is 1. The highest BCUT2D eigenvalue weighted by Gasteiger charge is 2.30. The normalized spacial score (nSPS) is 21.2. The van der Waals surface area contributed by atoms with Gasteiger partial charge >= 0.3 is 0 Å². The molecule has 2 aromatic rings. The van der Waals surface area contributed by atoms with Gasteiger partial charge in [-0.25, -0.2) is 4.98 Å². The van der Waals surface area contributed by atoms with E-state index in [1.165, 1.54) is 16.9 Å². The zero-order valence-corrected chi connectivity index (χ0v) is 11.8. The van der Waals surface area contributed by atoms with Gasteiger partial charge in [0, 0.05) is 17.9 Å². The molecular weight excluding hydrogens is 272 g/mol. The Kier molecular flexibility index (Phi) is 3.80. The van der Waals surface area contributed by atoms with Gasteiger partial charge in [-0.15, -0.1) is 11.3 Å². The maximum Gasteiger partial charge on any atom is 0.271 e. The van der Waals surface area contributed by atoms with Crippen molar-refractivity contribution in [2.75, 3.05) is 6.61 Å². The van der Waals surface area contributed by atoms with Gasteiger partial charge in [0.1, 0.15) is 5.69 Å². The van der Waals surface area contributed by atoms with Crippen LogP contribution in [0.15, 0.2) is 35.2 Å². The van der Waals surface area contributed by atoms with Gasteiger partial charge in [-0.1, -0.05) is 24.3 Å². The second-order valence-electron chi connectivity index (χ2n) is 5.00. The maximum absolute atomic E-state index is 12.2. The van der Waals surface area contributed by atoms with Crippen LogP contribution in [0.4, 0.5) is 0 Å². The standard InChI is InChI=1S/C15H16N2O2S/c18-7-11-6-5-10-3-1-2-4-12(10)14(11)17-15(19)13-8-20-9-16-13/h1-4,8-9,11,14,18H,5-7H2,(H,17,19). The van der Waals surface area contributed by atoms with Crippen LogP contribution in [0.2, 0.25) is 0 Å². The topological polar surface area (TPSA) is 62.2 Å². The van der Waals surface area contributed by atoms with Crippen LogP contribution < -0.4 is 5.32 Å². The van der Waals surface area contributed by atoms with Crippen LogP contribution in [0.1, 0.15) is 34.1 Å². The molecule has 2 atom stereocenters. The fourth-order valence-corrected chi connectivity index (χ4v) is 3.29. The fourth-order valence-electron chi connectivity index (χ4n) is 2.76. The summed E-state index contributed by atoms with van der Waals surface area (Å²) in [6, 6.07) is 7.96. The molecule has 0 radical (unpaired) electrons. The van der Waals surface area contributed by atoms with Crippen molar-refractivity contribution < 1.29 is 9.90 Å². The van der Waals surface area contributed by atoms with E-state index in [2.05, 4.69) is 16.4 Å². The Morgan fingerprint density at radius 1 is 1.45 bits per heavy atom. The molecule has 0 fully saturated rings. The maximum atomic E-state index is 12.2. The monoisotopic (exact) mass is 288 g/mol. The number of benzene rings is 1. The number of aromatic nitrogens is 1. The molecule has 1 aliphatic rings. The van der Waals surface area contributed by atoms with Gasteiger partial charge in [0.25, 0.3) is 5.91 Å². The van der Waals surface area contributed by atoms with Crippen LogP contribution >= 0.6 is 11.3 Å². The number of aryl methyl sites for hydroxylation is 1. The summed E-state index contributed by atoms with van der Waals surface area (Å²) >= 11 is 1.40. The van der Waals surface area contributed by atoms with Crippen molar-refractivity contribution in [1.82, 2.24) is 10.3 Å². The Bertz CT molecular complexity index is 598. The van der Waals surface area contributed by atoms with Crippen LogP contribution in [-0.4, -0.2) is 22.6 Å². The highest BCUT2D eigenvalue weighted by Crippen LogP contribution is 2.34. The van der Waals surface area contributed by atoms with E-state index in [1.807, 2.05) is 18.2 Å². The summed E-state index contributed by atoms with van der Waals surface area (Å²) < 4.78 is 0. The molecule has 2 N–H and O–H groups in total. The fraction of sp³-hybridized carbons (Fsp3) is 0.333. The number of nitrogens with one attached hydrogen (secondary N) is 1.